The Balaban J connectivity index is 1.63. The number of aromatic nitrogens is 1. The topological polar surface area (TPSA) is 54.0 Å². The molecule has 6 heteroatoms. The van der Waals surface area contributed by atoms with E-state index in [-0.39, 0.29) is 5.91 Å². The van der Waals surface area contributed by atoms with E-state index < -0.39 is 0 Å². The minimum atomic E-state index is -0.117. The number of rotatable bonds is 5. The van der Waals surface area contributed by atoms with Crippen molar-refractivity contribution in [3.63, 3.8) is 0 Å². The fraction of sp³-hybridized carbons (Fsp3) is 0.0526. The molecule has 0 saturated heterocycles. The maximum absolute atomic E-state index is 12.0. The van der Waals surface area contributed by atoms with Gasteiger partial charge in [-0.15, -0.1) is 0 Å². The minimum absolute atomic E-state index is 0.117. The highest BCUT2D eigenvalue weighted by atomic mass is 35.5. The van der Waals surface area contributed by atoms with Crippen LogP contribution in [0, 0.1) is 0 Å². The van der Waals surface area contributed by atoms with E-state index in [0.29, 0.717) is 28.0 Å². The number of hydrogen-bond acceptors (Lipinski definition) is 3. The summed E-state index contributed by atoms with van der Waals surface area (Å²) in [5.74, 6) is 0.366. The quantitative estimate of drug-likeness (QED) is 0.638. The molecule has 0 bridgehead atoms. The Morgan fingerprint density at radius 3 is 2.28 bits per heavy atom. The van der Waals surface area contributed by atoms with Crippen LogP contribution in [0.15, 0.2) is 66.9 Å². The number of para-hydroxylation sites is 1. The second-order valence-electron chi connectivity index (χ2n) is 5.36. The number of anilines is 3. The minimum Gasteiger partial charge on any atom is -0.352 e. The number of benzene rings is 2. The van der Waals surface area contributed by atoms with Crippen LogP contribution in [0.1, 0.15) is 5.56 Å². The molecular weight excluding hydrogens is 357 g/mol. The molecule has 1 heterocycles. The molecule has 0 unspecified atom stereocenters. The van der Waals surface area contributed by atoms with Crippen LogP contribution in [-0.2, 0) is 11.2 Å². The molecule has 1 aromatic heterocycles. The average Bonchev–Trinajstić information content (AvgIpc) is 2.60. The molecule has 2 N–H and O–H groups in total. The van der Waals surface area contributed by atoms with E-state index in [2.05, 4.69) is 15.6 Å². The van der Waals surface area contributed by atoms with Gasteiger partial charge in [0.15, 0.2) is 0 Å². The third-order valence-electron chi connectivity index (χ3n) is 3.47. The van der Waals surface area contributed by atoms with Crippen molar-refractivity contribution in [1.29, 1.82) is 0 Å². The molecule has 0 aliphatic carbocycles. The molecule has 0 atom stereocenters. The molecule has 0 radical (unpaired) electrons. The third-order valence-corrected chi connectivity index (χ3v) is 4.10. The maximum atomic E-state index is 12.0. The van der Waals surface area contributed by atoms with Gasteiger partial charge < -0.3 is 10.6 Å². The van der Waals surface area contributed by atoms with E-state index in [1.54, 1.807) is 36.5 Å². The van der Waals surface area contributed by atoms with Crippen molar-refractivity contribution in [3.8, 4) is 0 Å². The lowest BCUT2D eigenvalue weighted by atomic mass is 10.1. The van der Waals surface area contributed by atoms with Crippen LogP contribution in [0.2, 0.25) is 10.0 Å². The summed E-state index contributed by atoms with van der Waals surface area (Å²) in [6.07, 6.45) is 1.91. The van der Waals surface area contributed by atoms with Crippen molar-refractivity contribution in [1.82, 2.24) is 4.98 Å². The molecular formula is C19H15Cl2N3O. The highest BCUT2D eigenvalue weighted by Gasteiger charge is 2.07. The fourth-order valence-electron chi connectivity index (χ4n) is 2.27. The van der Waals surface area contributed by atoms with Crippen LogP contribution < -0.4 is 10.6 Å². The van der Waals surface area contributed by atoms with Gasteiger partial charge in [-0.05, 0) is 29.8 Å². The lowest BCUT2D eigenvalue weighted by Gasteiger charge is -2.11. The Bertz CT molecular complexity index is 847. The highest BCUT2D eigenvalue weighted by molar-refractivity contribution is 6.39. The highest BCUT2D eigenvalue weighted by Crippen LogP contribution is 2.32. The number of amides is 1. The maximum Gasteiger partial charge on any atom is 0.229 e. The fourth-order valence-corrected chi connectivity index (χ4v) is 2.76. The molecule has 3 rings (SSSR count). The standard InChI is InChI=1S/C19H15Cl2N3O/c20-15-7-4-8-16(21)19(15)23-14-9-10-17(22-12-14)24-18(25)11-13-5-2-1-3-6-13/h1-10,12,23H,11H2,(H,22,24,25). The summed E-state index contributed by atoms with van der Waals surface area (Å²) in [4.78, 5) is 16.3. The van der Waals surface area contributed by atoms with Gasteiger partial charge in [-0.3, -0.25) is 4.79 Å². The van der Waals surface area contributed by atoms with Crippen LogP contribution in [-0.4, -0.2) is 10.9 Å². The van der Waals surface area contributed by atoms with Crippen molar-refractivity contribution in [3.05, 3.63) is 82.5 Å². The molecule has 25 heavy (non-hydrogen) atoms. The van der Waals surface area contributed by atoms with Crippen molar-refractivity contribution in [2.24, 2.45) is 0 Å². The molecule has 126 valence electrons. The first kappa shape index (κ1) is 17.3. The summed E-state index contributed by atoms with van der Waals surface area (Å²) in [7, 11) is 0. The zero-order valence-corrected chi connectivity index (χ0v) is 14.7. The first-order valence-corrected chi connectivity index (χ1v) is 8.38. The number of halogens is 2. The van der Waals surface area contributed by atoms with E-state index in [9.17, 15) is 4.79 Å². The second-order valence-corrected chi connectivity index (χ2v) is 6.18. The first-order valence-electron chi connectivity index (χ1n) is 7.63. The van der Waals surface area contributed by atoms with Gasteiger partial charge >= 0.3 is 0 Å². The number of nitrogens with zero attached hydrogens (tertiary/aromatic N) is 1. The van der Waals surface area contributed by atoms with Crippen LogP contribution in [0.4, 0.5) is 17.2 Å². The van der Waals surface area contributed by atoms with Crippen molar-refractivity contribution in [2.75, 3.05) is 10.6 Å². The summed E-state index contributed by atoms with van der Waals surface area (Å²) >= 11 is 12.3. The van der Waals surface area contributed by atoms with Gasteiger partial charge in [-0.25, -0.2) is 4.98 Å². The smallest absolute Gasteiger partial charge is 0.229 e. The molecule has 0 saturated carbocycles. The molecule has 4 nitrogen and oxygen atoms in total. The second kappa shape index (κ2) is 8.01. The van der Waals surface area contributed by atoms with Crippen molar-refractivity contribution >= 4 is 46.3 Å². The average molecular weight is 372 g/mol. The predicted octanol–water partition coefficient (Wildman–Crippen LogP) is 5.31. The summed E-state index contributed by atoms with van der Waals surface area (Å²) in [5, 5.41) is 6.94. The van der Waals surface area contributed by atoms with Gasteiger partial charge in [-0.1, -0.05) is 59.6 Å². The monoisotopic (exact) mass is 371 g/mol. The van der Waals surface area contributed by atoms with Crippen molar-refractivity contribution in [2.45, 2.75) is 6.42 Å². The van der Waals surface area contributed by atoms with Crippen molar-refractivity contribution < 1.29 is 4.79 Å². The summed E-state index contributed by atoms with van der Waals surface area (Å²) < 4.78 is 0. The van der Waals surface area contributed by atoms with Gasteiger partial charge in [0.25, 0.3) is 0 Å². The third kappa shape index (κ3) is 4.72. The summed E-state index contributed by atoms with van der Waals surface area (Å²) in [5.41, 5.74) is 2.29. The van der Waals surface area contributed by atoms with Crippen LogP contribution in [0.25, 0.3) is 0 Å². The Labute approximate surface area is 155 Å². The molecule has 1 amide bonds. The van der Waals surface area contributed by atoms with Gasteiger partial charge in [-0.2, -0.15) is 0 Å². The Hall–Kier alpha value is -2.56. The normalized spacial score (nSPS) is 10.3. The van der Waals surface area contributed by atoms with Gasteiger partial charge in [0.2, 0.25) is 5.91 Å². The zero-order valence-electron chi connectivity index (χ0n) is 13.2. The number of carbonyl (C=O) groups is 1. The summed E-state index contributed by atoms with van der Waals surface area (Å²) in [6, 6.07) is 18.3. The lowest BCUT2D eigenvalue weighted by Crippen LogP contribution is -2.15. The van der Waals surface area contributed by atoms with Gasteiger partial charge in [0.1, 0.15) is 5.82 Å². The summed E-state index contributed by atoms with van der Waals surface area (Å²) in [6.45, 7) is 0. The van der Waals surface area contributed by atoms with Gasteiger partial charge in [0.05, 0.1) is 34.0 Å². The Kier molecular flexibility index (Phi) is 5.53. The molecule has 0 aliphatic heterocycles. The van der Waals surface area contributed by atoms with Crippen LogP contribution in [0.3, 0.4) is 0 Å². The molecule has 2 aromatic carbocycles. The molecule has 0 spiro atoms. The number of carbonyl (C=O) groups excluding carboxylic acids is 1. The van der Waals surface area contributed by atoms with E-state index >= 15 is 0 Å². The largest absolute Gasteiger partial charge is 0.352 e. The predicted molar refractivity (Wildman–Crippen MR) is 103 cm³/mol. The number of pyridine rings is 1. The number of hydrogen-bond donors (Lipinski definition) is 2. The lowest BCUT2D eigenvalue weighted by molar-refractivity contribution is -0.115. The van der Waals surface area contributed by atoms with E-state index in [4.69, 9.17) is 23.2 Å². The number of nitrogens with one attached hydrogen (secondary N) is 2. The van der Waals surface area contributed by atoms with E-state index in [0.717, 1.165) is 11.3 Å². The van der Waals surface area contributed by atoms with Gasteiger partial charge in [0, 0.05) is 0 Å². The SMILES string of the molecule is O=C(Cc1ccccc1)Nc1ccc(Nc2c(Cl)cccc2Cl)cn1. The van der Waals surface area contributed by atoms with Crippen LogP contribution in [0.5, 0.6) is 0 Å². The van der Waals surface area contributed by atoms with E-state index in [1.807, 2.05) is 30.3 Å². The van der Waals surface area contributed by atoms with Crippen LogP contribution >= 0.6 is 23.2 Å². The zero-order chi connectivity index (χ0) is 17.6. The van der Waals surface area contributed by atoms with E-state index in [1.165, 1.54) is 0 Å². The Morgan fingerprint density at radius 2 is 1.64 bits per heavy atom. The molecule has 0 fully saturated rings. The Morgan fingerprint density at radius 1 is 0.920 bits per heavy atom. The first-order chi connectivity index (χ1) is 12.1. The molecule has 0 aliphatic rings. The molecule has 3 aromatic rings.